The number of ether oxygens (including phenoxy) is 1. The molecule has 3 aromatic carbocycles. The number of carboxylic acids is 1. The number of aryl methyl sites for hydroxylation is 1. The lowest BCUT2D eigenvalue weighted by atomic mass is 9.89. The van der Waals surface area contributed by atoms with Crippen molar-refractivity contribution in [2.24, 2.45) is 0 Å². The van der Waals surface area contributed by atoms with E-state index in [-0.39, 0.29) is 29.7 Å². The summed E-state index contributed by atoms with van der Waals surface area (Å²) in [5, 5.41) is 9.77. The van der Waals surface area contributed by atoms with Crippen LogP contribution in [0.15, 0.2) is 85.2 Å². The number of aromatic nitrogens is 2. The smallest absolute Gasteiger partial charge is 0.372 e. The van der Waals surface area contributed by atoms with Gasteiger partial charge in [0.1, 0.15) is 5.75 Å². The van der Waals surface area contributed by atoms with Gasteiger partial charge in [-0.15, -0.1) is 0 Å². The maximum Gasteiger partial charge on any atom is 0.372 e. The Morgan fingerprint density at radius 3 is 2.45 bits per heavy atom. The molecule has 0 aliphatic carbocycles. The molecule has 0 radical (unpaired) electrons. The van der Waals surface area contributed by atoms with Gasteiger partial charge in [-0.05, 0) is 79.9 Å². The molecule has 1 aliphatic heterocycles. The van der Waals surface area contributed by atoms with E-state index >= 15 is 0 Å². The van der Waals surface area contributed by atoms with Crippen LogP contribution in [0.1, 0.15) is 59.3 Å². The van der Waals surface area contributed by atoms with Gasteiger partial charge in [0.2, 0.25) is 11.7 Å². The molecule has 10 heteroatoms. The van der Waals surface area contributed by atoms with Crippen LogP contribution < -0.4 is 14.5 Å². The summed E-state index contributed by atoms with van der Waals surface area (Å²) in [4.78, 5) is 45.3. The first kappa shape index (κ1) is 28.9. The van der Waals surface area contributed by atoms with E-state index < -0.39 is 5.97 Å². The fourth-order valence-corrected chi connectivity index (χ4v) is 5.59. The molecule has 2 heterocycles. The number of nitrogens with zero attached hydrogens (tertiary/aromatic N) is 4. The van der Waals surface area contributed by atoms with Crippen LogP contribution in [0.3, 0.4) is 0 Å². The van der Waals surface area contributed by atoms with Gasteiger partial charge in [0, 0.05) is 53.9 Å². The number of halogens is 1. The third-order valence-corrected chi connectivity index (χ3v) is 7.61. The average molecular weight is 587 g/mol. The number of hydrogen-bond acceptors (Lipinski definition) is 5. The first-order valence-electron chi connectivity index (χ1n) is 13.7. The molecule has 0 saturated heterocycles. The number of anilines is 2. The van der Waals surface area contributed by atoms with Gasteiger partial charge in [0.25, 0.3) is 5.91 Å². The number of carbonyl (C=O) groups is 3. The Bertz CT molecular complexity index is 1590. The van der Waals surface area contributed by atoms with Gasteiger partial charge in [-0.25, -0.2) is 9.78 Å². The summed E-state index contributed by atoms with van der Waals surface area (Å²) in [6.45, 7) is 4.38. The normalized spacial score (nSPS) is 16.0. The van der Waals surface area contributed by atoms with E-state index in [0.29, 0.717) is 42.3 Å². The van der Waals surface area contributed by atoms with Gasteiger partial charge in [0.15, 0.2) is 0 Å². The summed E-state index contributed by atoms with van der Waals surface area (Å²) in [7, 11) is 0. The van der Waals surface area contributed by atoms with Crippen molar-refractivity contribution < 1.29 is 24.2 Å². The largest absolute Gasteiger partial charge is 0.494 e. The highest BCUT2D eigenvalue weighted by atomic mass is 35.5. The Balaban J connectivity index is 1.30. The molecule has 9 nitrogen and oxygen atoms in total. The van der Waals surface area contributed by atoms with Crippen molar-refractivity contribution in [3.05, 3.63) is 107 Å². The molecule has 1 N–H and O–H groups in total. The Morgan fingerprint density at radius 2 is 1.76 bits per heavy atom. The van der Waals surface area contributed by atoms with Crippen LogP contribution in [-0.2, 0) is 11.3 Å². The molecule has 0 saturated carbocycles. The van der Waals surface area contributed by atoms with E-state index in [1.807, 2.05) is 43.3 Å². The first-order valence-corrected chi connectivity index (χ1v) is 14.1. The van der Waals surface area contributed by atoms with E-state index in [4.69, 9.17) is 16.3 Å². The minimum atomic E-state index is -1.07. The maximum atomic E-state index is 13.8. The third kappa shape index (κ3) is 6.01. The fraction of sp³-hybridized carbons (Fsp3) is 0.250. The second-order valence-corrected chi connectivity index (χ2v) is 10.6. The quantitative estimate of drug-likeness (QED) is 0.233. The van der Waals surface area contributed by atoms with Gasteiger partial charge in [0.05, 0.1) is 12.6 Å². The molecular formula is C32H31ClN4O5. The van der Waals surface area contributed by atoms with Crippen molar-refractivity contribution in [1.82, 2.24) is 9.55 Å². The van der Waals surface area contributed by atoms with E-state index in [9.17, 15) is 19.5 Å². The molecule has 2 atom stereocenters. The number of aromatic carboxylic acids is 1. The van der Waals surface area contributed by atoms with E-state index in [1.54, 1.807) is 63.9 Å². The highest BCUT2D eigenvalue weighted by Gasteiger charge is 2.38. The summed E-state index contributed by atoms with van der Waals surface area (Å²) in [6.07, 6.45) is 4.24. The second kappa shape index (κ2) is 12.5. The molecule has 1 aliphatic rings. The highest BCUT2D eigenvalue weighted by molar-refractivity contribution is 6.30. The summed E-state index contributed by atoms with van der Waals surface area (Å²) in [5.41, 5.74) is 2.94. The van der Waals surface area contributed by atoms with Crippen LogP contribution in [0.5, 0.6) is 5.75 Å². The number of imidazole rings is 1. The van der Waals surface area contributed by atoms with Crippen LogP contribution in [0, 0.1) is 0 Å². The Kier molecular flexibility index (Phi) is 8.59. The zero-order valence-corrected chi connectivity index (χ0v) is 24.1. The number of amides is 2. The van der Waals surface area contributed by atoms with Crippen molar-refractivity contribution in [2.45, 2.75) is 45.3 Å². The van der Waals surface area contributed by atoms with Gasteiger partial charge < -0.3 is 24.2 Å². The van der Waals surface area contributed by atoms with Crippen LogP contribution in [0.2, 0.25) is 5.02 Å². The Labute approximate surface area is 248 Å². The van der Waals surface area contributed by atoms with Gasteiger partial charge in [-0.3, -0.25) is 9.59 Å². The Hall–Kier alpha value is -4.63. The van der Waals surface area contributed by atoms with Crippen LogP contribution >= 0.6 is 11.6 Å². The molecule has 0 bridgehead atoms. The minimum Gasteiger partial charge on any atom is -0.494 e. The molecule has 42 heavy (non-hydrogen) atoms. The summed E-state index contributed by atoms with van der Waals surface area (Å²) in [6, 6.07) is 21.5. The highest BCUT2D eigenvalue weighted by Crippen LogP contribution is 2.43. The first-order chi connectivity index (χ1) is 20.2. The van der Waals surface area contributed by atoms with Crippen LogP contribution in [0.25, 0.3) is 0 Å². The number of carbonyl (C=O) groups excluding carboxylic acids is 2. The van der Waals surface area contributed by atoms with Crippen molar-refractivity contribution in [2.75, 3.05) is 16.4 Å². The van der Waals surface area contributed by atoms with Gasteiger partial charge in [-0.1, -0.05) is 29.8 Å². The average Bonchev–Trinajstić information content (AvgIpc) is 3.45. The van der Waals surface area contributed by atoms with E-state index in [1.165, 1.54) is 6.20 Å². The van der Waals surface area contributed by atoms with Crippen LogP contribution in [0.4, 0.5) is 11.4 Å². The second-order valence-electron chi connectivity index (χ2n) is 10.2. The molecule has 5 rings (SSSR count). The van der Waals surface area contributed by atoms with Crippen molar-refractivity contribution in [3.63, 3.8) is 0 Å². The van der Waals surface area contributed by atoms with E-state index in [0.717, 1.165) is 16.9 Å². The molecule has 1 aromatic heterocycles. The minimum absolute atomic E-state index is 0.00307. The molecule has 0 unspecified atom stereocenters. The monoisotopic (exact) mass is 586 g/mol. The zero-order chi connectivity index (χ0) is 29.8. The number of benzene rings is 3. The number of para-hydroxylation sites is 1. The standard InChI is InChI=1S/C32H31ClN4O5/c1-21-20-29(37(22(2)38)25-12-10-24(33)11-13-25)27-6-3-4-7-28(27)36(21)31(39)23-8-14-26(15-9-23)42-19-5-17-35-18-16-34-30(35)32(40)41/h3-4,6-16,18,21,29H,5,17,19-20H2,1-2H3,(H,40,41)/t21-,29+/m0/s1. The summed E-state index contributed by atoms with van der Waals surface area (Å²) in [5.74, 6) is -0.686. The molecular weight excluding hydrogens is 556 g/mol. The maximum absolute atomic E-state index is 13.8. The van der Waals surface area contributed by atoms with Crippen molar-refractivity contribution >= 4 is 40.8 Å². The molecule has 0 spiro atoms. The van der Waals surface area contributed by atoms with Crippen molar-refractivity contribution in [3.8, 4) is 5.75 Å². The molecule has 2 amide bonds. The lowest BCUT2D eigenvalue weighted by Crippen LogP contribution is -2.47. The number of fused-ring (bicyclic) bond motifs is 1. The van der Waals surface area contributed by atoms with Crippen LogP contribution in [-0.4, -0.2) is 45.1 Å². The van der Waals surface area contributed by atoms with Gasteiger partial charge >= 0.3 is 5.97 Å². The van der Waals surface area contributed by atoms with Crippen molar-refractivity contribution in [1.29, 1.82) is 0 Å². The van der Waals surface area contributed by atoms with E-state index in [2.05, 4.69) is 4.98 Å². The fourth-order valence-electron chi connectivity index (χ4n) is 5.46. The predicted molar refractivity (Wildman–Crippen MR) is 160 cm³/mol. The summed E-state index contributed by atoms with van der Waals surface area (Å²) < 4.78 is 7.39. The third-order valence-electron chi connectivity index (χ3n) is 7.36. The lowest BCUT2D eigenvalue weighted by molar-refractivity contribution is -0.117. The zero-order valence-electron chi connectivity index (χ0n) is 23.3. The Morgan fingerprint density at radius 1 is 1.05 bits per heavy atom. The SMILES string of the molecule is CC(=O)N(c1ccc(Cl)cc1)[C@@H]1C[C@H](C)N(C(=O)c2ccc(OCCCn3ccnc3C(=O)O)cc2)c2ccccc21. The number of hydrogen-bond donors (Lipinski definition) is 1. The molecule has 216 valence electrons. The summed E-state index contributed by atoms with van der Waals surface area (Å²) >= 11 is 6.10. The lowest BCUT2D eigenvalue weighted by Gasteiger charge is -2.43. The number of carboxylic acid groups (broad SMARTS) is 1. The number of rotatable bonds is 9. The van der Waals surface area contributed by atoms with Gasteiger partial charge in [-0.2, -0.15) is 0 Å². The predicted octanol–water partition coefficient (Wildman–Crippen LogP) is 6.24. The molecule has 0 fully saturated rings. The topological polar surface area (TPSA) is 105 Å². The molecule has 4 aromatic rings.